The highest BCUT2D eigenvalue weighted by Crippen LogP contribution is 2.22. The Morgan fingerprint density at radius 3 is 2.08 bits per heavy atom. The van der Waals surface area contributed by atoms with Crippen LogP contribution in [-0.4, -0.2) is 0 Å². The molecule has 0 aliphatic rings. The van der Waals surface area contributed by atoms with Gasteiger partial charge in [-0.3, -0.25) is 0 Å². The molecule has 0 bridgehead atoms. The predicted molar refractivity (Wildman–Crippen MR) is 54.7 cm³/mol. The molecule has 0 saturated heterocycles. The van der Waals surface area contributed by atoms with Crippen molar-refractivity contribution >= 4 is 0 Å². The molecule has 0 saturated carbocycles. The van der Waals surface area contributed by atoms with Gasteiger partial charge in [0.15, 0.2) is 0 Å². The monoisotopic (exact) mass is 162 g/mol. The van der Waals surface area contributed by atoms with E-state index in [2.05, 4.69) is 46.8 Å². The van der Waals surface area contributed by atoms with Crippen LogP contribution in [0.25, 0.3) is 0 Å². The van der Waals surface area contributed by atoms with Gasteiger partial charge in [-0.25, -0.2) is 0 Å². The van der Waals surface area contributed by atoms with E-state index in [-0.39, 0.29) is 0 Å². The lowest BCUT2D eigenvalue weighted by atomic mass is 9.93. The minimum Gasteiger partial charge on any atom is -0.0587 e. The van der Waals surface area contributed by atoms with Crippen LogP contribution >= 0.6 is 0 Å². The molecule has 0 radical (unpaired) electrons. The van der Waals surface area contributed by atoms with Crippen molar-refractivity contribution in [2.45, 2.75) is 40.5 Å². The van der Waals surface area contributed by atoms with Gasteiger partial charge >= 0.3 is 0 Å². The maximum absolute atomic E-state index is 2.30. The first-order valence-corrected chi connectivity index (χ1v) is 4.60. The molecule has 0 fully saturated rings. The summed E-state index contributed by atoms with van der Waals surface area (Å²) in [7, 11) is 0. The third kappa shape index (κ3) is 1.69. The number of rotatable bonds is 1. The van der Waals surface area contributed by atoms with Gasteiger partial charge in [0.2, 0.25) is 0 Å². The highest BCUT2D eigenvalue weighted by atomic mass is 14.1. The second kappa shape index (κ2) is 3.30. The van der Waals surface area contributed by atoms with Crippen molar-refractivity contribution in [1.82, 2.24) is 0 Å². The summed E-state index contributed by atoms with van der Waals surface area (Å²) in [6.45, 7) is 11.1. The summed E-state index contributed by atoms with van der Waals surface area (Å²) in [6, 6.07) is 4.55. The lowest BCUT2D eigenvalue weighted by Crippen LogP contribution is -1.95. The summed E-state index contributed by atoms with van der Waals surface area (Å²) in [4.78, 5) is 0. The fourth-order valence-corrected chi connectivity index (χ4v) is 1.67. The molecule has 1 aromatic carbocycles. The minimum atomic E-state index is 0.642. The van der Waals surface area contributed by atoms with E-state index >= 15 is 0 Å². The van der Waals surface area contributed by atoms with Crippen LogP contribution in [0.15, 0.2) is 12.1 Å². The fourth-order valence-electron chi connectivity index (χ4n) is 1.67. The van der Waals surface area contributed by atoms with Gasteiger partial charge in [0, 0.05) is 0 Å². The quantitative estimate of drug-likeness (QED) is 0.590. The highest BCUT2D eigenvalue weighted by Gasteiger charge is 2.05. The van der Waals surface area contributed by atoms with E-state index in [0.29, 0.717) is 5.92 Å². The Morgan fingerprint density at radius 2 is 1.58 bits per heavy atom. The zero-order valence-electron chi connectivity index (χ0n) is 8.73. The Morgan fingerprint density at radius 1 is 1.00 bits per heavy atom. The van der Waals surface area contributed by atoms with Crippen molar-refractivity contribution in [3.8, 4) is 0 Å². The van der Waals surface area contributed by atoms with Crippen LogP contribution in [-0.2, 0) is 0 Å². The van der Waals surface area contributed by atoms with Crippen molar-refractivity contribution in [3.63, 3.8) is 0 Å². The van der Waals surface area contributed by atoms with Gasteiger partial charge in [-0.15, -0.1) is 0 Å². The van der Waals surface area contributed by atoms with Crippen molar-refractivity contribution in [2.24, 2.45) is 0 Å². The van der Waals surface area contributed by atoms with Crippen LogP contribution in [0.5, 0.6) is 0 Å². The molecule has 0 spiro atoms. The third-order valence-electron chi connectivity index (χ3n) is 2.47. The van der Waals surface area contributed by atoms with Crippen LogP contribution in [0.2, 0.25) is 0 Å². The molecule has 66 valence electrons. The van der Waals surface area contributed by atoms with E-state index in [0.717, 1.165) is 0 Å². The minimum absolute atomic E-state index is 0.642. The predicted octanol–water partition coefficient (Wildman–Crippen LogP) is 3.74. The van der Waals surface area contributed by atoms with Crippen molar-refractivity contribution < 1.29 is 0 Å². The summed E-state index contributed by atoms with van der Waals surface area (Å²) >= 11 is 0. The SMILES string of the molecule is Cc1cc(C)c(C)c(C(C)C)c1. The average Bonchev–Trinajstić information content (AvgIpc) is 1.96. The molecule has 12 heavy (non-hydrogen) atoms. The number of hydrogen-bond acceptors (Lipinski definition) is 0. The van der Waals surface area contributed by atoms with E-state index in [4.69, 9.17) is 0 Å². The maximum atomic E-state index is 2.30. The summed E-state index contributed by atoms with van der Waals surface area (Å²) < 4.78 is 0. The molecule has 0 aliphatic heterocycles. The number of aryl methyl sites for hydroxylation is 2. The fraction of sp³-hybridized carbons (Fsp3) is 0.500. The van der Waals surface area contributed by atoms with Crippen molar-refractivity contribution in [3.05, 3.63) is 34.4 Å². The maximum Gasteiger partial charge on any atom is -0.0216 e. The van der Waals surface area contributed by atoms with E-state index in [9.17, 15) is 0 Å². The molecule has 0 aliphatic carbocycles. The molecule has 0 amide bonds. The van der Waals surface area contributed by atoms with E-state index < -0.39 is 0 Å². The molecule has 1 rings (SSSR count). The summed E-state index contributed by atoms with van der Waals surface area (Å²) in [5.41, 5.74) is 5.74. The van der Waals surface area contributed by atoms with Crippen molar-refractivity contribution in [2.75, 3.05) is 0 Å². The van der Waals surface area contributed by atoms with Crippen LogP contribution < -0.4 is 0 Å². The van der Waals surface area contributed by atoms with Gasteiger partial charge in [0.1, 0.15) is 0 Å². The van der Waals surface area contributed by atoms with Gasteiger partial charge in [0.05, 0.1) is 0 Å². The first kappa shape index (κ1) is 9.31. The largest absolute Gasteiger partial charge is 0.0587 e. The topological polar surface area (TPSA) is 0 Å². The molecular weight excluding hydrogens is 144 g/mol. The third-order valence-corrected chi connectivity index (χ3v) is 2.47. The van der Waals surface area contributed by atoms with E-state index in [1.54, 1.807) is 0 Å². The summed E-state index contributed by atoms with van der Waals surface area (Å²) in [5.74, 6) is 0.642. The highest BCUT2D eigenvalue weighted by molar-refractivity contribution is 5.38. The van der Waals surface area contributed by atoms with Gasteiger partial charge in [-0.2, -0.15) is 0 Å². The Kier molecular flexibility index (Phi) is 2.56. The zero-order chi connectivity index (χ0) is 9.30. The second-order valence-electron chi connectivity index (χ2n) is 3.95. The Labute approximate surface area is 75.6 Å². The molecule has 0 atom stereocenters. The number of benzene rings is 1. The molecule has 0 unspecified atom stereocenters. The van der Waals surface area contributed by atoms with E-state index in [1.807, 2.05) is 0 Å². The smallest absolute Gasteiger partial charge is 0.0216 e. The first-order valence-electron chi connectivity index (χ1n) is 4.60. The lowest BCUT2D eigenvalue weighted by Gasteiger charge is -2.13. The Balaban J connectivity index is 3.28. The molecular formula is C12H18. The van der Waals surface area contributed by atoms with Crippen molar-refractivity contribution in [1.29, 1.82) is 0 Å². The number of hydrogen-bond donors (Lipinski definition) is 0. The Bertz CT molecular complexity index is 282. The molecule has 0 N–H and O–H groups in total. The second-order valence-corrected chi connectivity index (χ2v) is 3.95. The van der Waals surface area contributed by atoms with Gasteiger partial charge in [0.25, 0.3) is 0 Å². The van der Waals surface area contributed by atoms with Crippen LogP contribution in [0.3, 0.4) is 0 Å². The molecule has 0 nitrogen and oxygen atoms in total. The summed E-state index contributed by atoms with van der Waals surface area (Å²) in [6.07, 6.45) is 0. The molecule has 0 heterocycles. The Hall–Kier alpha value is -0.780. The first-order chi connectivity index (χ1) is 5.52. The standard InChI is InChI=1S/C12H18/c1-8(2)12-7-9(3)6-10(4)11(12)5/h6-8H,1-5H3. The lowest BCUT2D eigenvalue weighted by molar-refractivity contribution is 0.851. The summed E-state index contributed by atoms with van der Waals surface area (Å²) in [5, 5.41) is 0. The normalized spacial score (nSPS) is 10.8. The van der Waals surface area contributed by atoms with Gasteiger partial charge < -0.3 is 0 Å². The molecule has 0 heteroatoms. The molecule has 1 aromatic rings. The van der Waals surface area contributed by atoms with Gasteiger partial charge in [-0.1, -0.05) is 31.5 Å². The van der Waals surface area contributed by atoms with Crippen LogP contribution in [0.4, 0.5) is 0 Å². The van der Waals surface area contributed by atoms with Crippen LogP contribution in [0.1, 0.15) is 42.0 Å². The van der Waals surface area contributed by atoms with Crippen LogP contribution in [0, 0.1) is 20.8 Å². The van der Waals surface area contributed by atoms with Gasteiger partial charge in [-0.05, 0) is 43.4 Å². The van der Waals surface area contributed by atoms with E-state index in [1.165, 1.54) is 22.3 Å². The zero-order valence-corrected chi connectivity index (χ0v) is 8.73. The average molecular weight is 162 g/mol. The molecule has 0 aromatic heterocycles.